The van der Waals surface area contributed by atoms with Crippen molar-refractivity contribution in [3.05, 3.63) is 0 Å². The number of unbranched alkanes of at least 4 members (excludes halogenated alkanes) is 1. The third-order valence-electron chi connectivity index (χ3n) is 4.39. The first kappa shape index (κ1) is 25.4. The smallest absolute Gasteiger partial charge is 0.220 e. The molecule has 154 valence electrons. The number of ether oxygens (including phenoxy) is 2. The lowest BCUT2D eigenvalue weighted by atomic mass is 9.93. The first-order valence-electron chi connectivity index (χ1n) is 9.51. The zero-order valence-electron chi connectivity index (χ0n) is 16.6. The molecule has 1 rings (SSSR count). The van der Waals surface area contributed by atoms with Crippen LogP contribution in [-0.4, -0.2) is 76.9 Å². The van der Waals surface area contributed by atoms with Gasteiger partial charge in [-0.3, -0.25) is 9.79 Å². The lowest BCUT2D eigenvalue weighted by Gasteiger charge is -2.34. The predicted molar refractivity (Wildman–Crippen MR) is 116 cm³/mol. The Balaban J connectivity index is 0.00000625. The van der Waals surface area contributed by atoms with E-state index in [1.807, 2.05) is 0 Å². The summed E-state index contributed by atoms with van der Waals surface area (Å²) in [6.07, 6.45) is 4.77. The largest absolute Gasteiger partial charge is 0.382 e. The van der Waals surface area contributed by atoms with Crippen molar-refractivity contribution in [2.45, 2.75) is 39.0 Å². The van der Waals surface area contributed by atoms with Gasteiger partial charge >= 0.3 is 0 Å². The molecule has 1 aliphatic heterocycles. The van der Waals surface area contributed by atoms with Gasteiger partial charge in [-0.1, -0.05) is 0 Å². The fourth-order valence-corrected chi connectivity index (χ4v) is 2.88. The molecule has 0 atom stereocenters. The molecule has 26 heavy (non-hydrogen) atoms. The number of guanidine groups is 1. The van der Waals surface area contributed by atoms with Crippen molar-refractivity contribution in [3.63, 3.8) is 0 Å². The quantitative estimate of drug-likeness (QED) is 0.203. The molecule has 0 radical (unpaired) electrons. The fourth-order valence-electron chi connectivity index (χ4n) is 2.88. The predicted octanol–water partition coefficient (Wildman–Crippen LogP) is 1.86. The van der Waals surface area contributed by atoms with Crippen molar-refractivity contribution in [3.8, 4) is 0 Å². The molecule has 2 N–H and O–H groups in total. The van der Waals surface area contributed by atoms with E-state index >= 15 is 0 Å². The number of likely N-dealkylation sites (tertiary alicyclic amines) is 1. The third-order valence-corrected chi connectivity index (χ3v) is 4.39. The minimum absolute atomic E-state index is 0. The van der Waals surface area contributed by atoms with Crippen molar-refractivity contribution in [1.82, 2.24) is 15.5 Å². The van der Waals surface area contributed by atoms with Crippen molar-refractivity contribution >= 4 is 35.8 Å². The zero-order valence-corrected chi connectivity index (χ0v) is 18.9. The average molecular weight is 484 g/mol. The normalized spacial score (nSPS) is 15.5. The molecule has 0 bridgehead atoms. The Labute approximate surface area is 175 Å². The van der Waals surface area contributed by atoms with Gasteiger partial charge in [0.15, 0.2) is 5.96 Å². The summed E-state index contributed by atoms with van der Waals surface area (Å²) in [5.41, 5.74) is 0. The van der Waals surface area contributed by atoms with Gasteiger partial charge < -0.3 is 25.0 Å². The molecular formula is C18H37IN4O3. The second-order valence-electron chi connectivity index (χ2n) is 6.36. The maximum atomic E-state index is 11.5. The van der Waals surface area contributed by atoms with Crippen LogP contribution >= 0.6 is 24.0 Å². The van der Waals surface area contributed by atoms with Gasteiger partial charge in [0.25, 0.3) is 0 Å². The summed E-state index contributed by atoms with van der Waals surface area (Å²) in [5, 5.41) is 6.10. The number of piperidine rings is 1. The second kappa shape index (κ2) is 16.6. The van der Waals surface area contributed by atoms with E-state index in [-0.39, 0.29) is 29.9 Å². The van der Waals surface area contributed by atoms with Crippen LogP contribution in [0.2, 0.25) is 0 Å². The molecule has 1 aliphatic rings. The van der Waals surface area contributed by atoms with Crippen LogP contribution in [-0.2, 0) is 14.3 Å². The molecule has 0 aromatic heterocycles. The molecule has 0 saturated carbocycles. The lowest BCUT2D eigenvalue weighted by molar-refractivity contribution is -0.121. The van der Waals surface area contributed by atoms with Gasteiger partial charge in [-0.05, 0) is 38.5 Å². The Bertz CT molecular complexity index is 389. The summed E-state index contributed by atoms with van der Waals surface area (Å²) in [6, 6.07) is 0. The summed E-state index contributed by atoms with van der Waals surface area (Å²) in [7, 11) is 3.39. The molecule has 0 unspecified atom stereocenters. The van der Waals surface area contributed by atoms with Gasteiger partial charge in [0, 0.05) is 53.4 Å². The highest BCUT2D eigenvalue weighted by Crippen LogP contribution is 2.20. The van der Waals surface area contributed by atoms with E-state index in [0.29, 0.717) is 25.6 Å². The van der Waals surface area contributed by atoms with Crippen LogP contribution in [0.3, 0.4) is 0 Å². The maximum Gasteiger partial charge on any atom is 0.220 e. The van der Waals surface area contributed by atoms with E-state index in [2.05, 4.69) is 22.5 Å². The highest BCUT2D eigenvalue weighted by molar-refractivity contribution is 14.0. The number of carbonyl (C=O) groups is 1. The minimum atomic E-state index is 0. The first-order valence-corrected chi connectivity index (χ1v) is 9.51. The van der Waals surface area contributed by atoms with Crippen LogP contribution in [0.4, 0.5) is 0 Å². The standard InChI is InChI=1S/C18H36N4O3.HI/c1-4-20-18(21-9-5-6-12-25-14-13-24-3)22-10-7-16(8-11-22)15-17(23)19-2;/h16H,4-15H2,1-3H3,(H,19,23)(H,20,21);1H. The number of halogens is 1. The Morgan fingerprint density at radius 3 is 2.54 bits per heavy atom. The van der Waals surface area contributed by atoms with Crippen LogP contribution in [0.25, 0.3) is 0 Å². The first-order chi connectivity index (χ1) is 12.2. The average Bonchev–Trinajstić information content (AvgIpc) is 2.63. The van der Waals surface area contributed by atoms with Gasteiger partial charge in [0.2, 0.25) is 5.91 Å². The molecule has 0 aliphatic carbocycles. The van der Waals surface area contributed by atoms with Crippen LogP contribution in [0, 0.1) is 5.92 Å². The van der Waals surface area contributed by atoms with E-state index < -0.39 is 0 Å². The number of hydrogen-bond donors (Lipinski definition) is 2. The van der Waals surface area contributed by atoms with Gasteiger partial charge in [-0.25, -0.2) is 0 Å². The summed E-state index contributed by atoms with van der Waals surface area (Å²) < 4.78 is 10.4. The molecule has 0 aromatic rings. The number of nitrogens with one attached hydrogen (secondary N) is 2. The number of hydrogen-bond acceptors (Lipinski definition) is 4. The molecule has 1 amide bonds. The highest BCUT2D eigenvalue weighted by atomic mass is 127. The minimum Gasteiger partial charge on any atom is -0.382 e. The molecular weight excluding hydrogens is 447 g/mol. The summed E-state index contributed by atoms with van der Waals surface area (Å²) >= 11 is 0. The summed E-state index contributed by atoms with van der Waals surface area (Å²) in [6.45, 7) is 7.79. The number of methoxy groups -OCH3 is 1. The molecule has 1 fully saturated rings. The lowest BCUT2D eigenvalue weighted by Crippen LogP contribution is -2.46. The van der Waals surface area contributed by atoms with Gasteiger partial charge in [-0.2, -0.15) is 0 Å². The molecule has 7 nitrogen and oxygen atoms in total. The topological polar surface area (TPSA) is 75.2 Å². The molecule has 0 spiro atoms. The number of amides is 1. The number of carbonyl (C=O) groups excluding carboxylic acids is 1. The van der Waals surface area contributed by atoms with Crippen LogP contribution in [0.5, 0.6) is 0 Å². The van der Waals surface area contributed by atoms with Crippen molar-refractivity contribution in [2.75, 3.05) is 60.2 Å². The monoisotopic (exact) mass is 484 g/mol. The van der Waals surface area contributed by atoms with Gasteiger partial charge in [-0.15, -0.1) is 24.0 Å². The van der Waals surface area contributed by atoms with E-state index in [1.54, 1.807) is 14.2 Å². The fraction of sp³-hybridized carbons (Fsp3) is 0.889. The summed E-state index contributed by atoms with van der Waals surface area (Å²) in [5.74, 6) is 1.64. The highest BCUT2D eigenvalue weighted by Gasteiger charge is 2.22. The van der Waals surface area contributed by atoms with Crippen LogP contribution in [0.1, 0.15) is 39.0 Å². The van der Waals surface area contributed by atoms with E-state index in [4.69, 9.17) is 14.5 Å². The zero-order chi connectivity index (χ0) is 18.3. The summed E-state index contributed by atoms with van der Waals surface area (Å²) in [4.78, 5) is 18.6. The molecule has 1 heterocycles. The van der Waals surface area contributed by atoms with E-state index in [1.165, 1.54) is 0 Å². The van der Waals surface area contributed by atoms with Crippen molar-refractivity contribution in [2.24, 2.45) is 10.9 Å². The Hall–Kier alpha value is -0.610. The van der Waals surface area contributed by atoms with Crippen molar-refractivity contribution in [1.29, 1.82) is 0 Å². The molecule has 1 saturated heterocycles. The van der Waals surface area contributed by atoms with Gasteiger partial charge in [0.1, 0.15) is 0 Å². The van der Waals surface area contributed by atoms with Crippen LogP contribution in [0.15, 0.2) is 4.99 Å². The van der Waals surface area contributed by atoms with E-state index in [9.17, 15) is 4.79 Å². The molecule has 8 heteroatoms. The number of nitrogens with zero attached hydrogens (tertiary/aromatic N) is 2. The molecule has 0 aromatic carbocycles. The Kier molecular flexibility index (Phi) is 16.2. The van der Waals surface area contributed by atoms with E-state index in [0.717, 1.165) is 64.4 Å². The maximum absolute atomic E-state index is 11.5. The SMILES string of the molecule is CCNC(=NCCCCOCCOC)N1CCC(CC(=O)NC)CC1.I. The second-order valence-corrected chi connectivity index (χ2v) is 6.36. The van der Waals surface area contributed by atoms with Crippen LogP contribution < -0.4 is 10.6 Å². The van der Waals surface area contributed by atoms with Gasteiger partial charge in [0.05, 0.1) is 13.2 Å². The number of aliphatic imine (C=N–C) groups is 1. The Morgan fingerprint density at radius 1 is 1.19 bits per heavy atom. The Morgan fingerprint density at radius 2 is 1.92 bits per heavy atom. The third kappa shape index (κ3) is 11.2. The van der Waals surface area contributed by atoms with Crippen molar-refractivity contribution < 1.29 is 14.3 Å². The number of rotatable bonds is 11.